The quantitative estimate of drug-likeness (QED) is 0.702. The van der Waals surface area contributed by atoms with E-state index >= 15 is 0 Å². The fourth-order valence-corrected chi connectivity index (χ4v) is 2.45. The summed E-state index contributed by atoms with van der Waals surface area (Å²) in [7, 11) is 0. The van der Waals surface area contributed by atoms with Crippen LogP contribution < -0.4 is 0 Å². The zero-order chi connectivity index (χ0) is 15.6. The van der Waals surface area contributed by atoms with Gasteiger partial charge in [0.15, 0.2) is 0 Å². The fraction of sp³-hybridized carbons (Fsp3) is 0.235. The Bertz CT molecular complexity index is 688. The molecule has 0 amide bonds. The van der Waals surface area contributed by atoms with Crippen LogP contribution in [0, 0.1) is 0 Å². The molecule has 0 aromatic heterocycles. The number of para-hydroxylation sites is 1. The van der Waals surface area contributed by atoms with E-state index in [-0.39, 0.29) is 11.2 Å². The molecule has 0 aliphatic heterocycles. The molecule has 0 bridgehead atoms. The minimum absolute atomic E-state index is 0.133. The number of phenolic OH excluding ortho intramolecular Hbond substituents is 1. The monoisotopic (exact) mass is 321 g/mol. The normalized spacial score (nSPS) is 12.0. The van der Waals surface area contributed by atoms with E-state index in [0.29, 0.717) is 21.3 Å². The molecule has 0 radical (unpaired) electrons. The molecule has 2 aromatic carbocycles. The molecule has 0 aliphatic carbocycles. The lowest BCUT2D eigenvalue weighted by molar-refractivity contribution is 0.446. The zero-order valence-corrected chi connectivity index (χ0v) is 13.7. The van der Waals surface area contributed by atoms with Crippen LogP contribution in [0.25, 0.3) is 0 Å². The van der Waals surface area contributed by atoms with Gasteiger partial charge < -0.3 is 5.11 Å². The molecule has 0 unspecified atom stereocenters. The predicted molar refractivity (Wildman–Crippen MR) is 90.5 cm³/mol. The second-order valence-corrected chi connectivity index (χ2v) is 6.69. The van der Waals surface area contributed by atoms with Gasteiger partial charge in [0.1, 0.15) is 5.75 Å². The molecule has 0 fully saturated rings. The number of aromatic hydroxyl groups is 1. The van der Waals surface area contributed by atoms with Crippen molar-refractivity contribution in [3.63, 3.8) is 0 Å². The average molecular weight is 322 g/mol. The van der Waals surface area contributed by atoms with E-state index in [1.165, 1.54) is 0 Å². The minimum atomic E-state index is -0.133. The van der Waals surface area contributed by atoms with Gasteiger partial charge in [-0.15, -0.1) is 0 Å². The van der Waals surface area contributed by atoms with Gasteiger partial charge in [0.25, 0.3) is 0 Å². The van der Waals surface area contributed by atoms with Crippen LogP contribution in [-0.4, -0.2) is 11.3 Å². The van der Waals surface area contributed by atoms with Gasteiger partial charge in [-0.1, -0.05) is 56.1 Å². The molecular weight excluding hydrogens is 305 g/mol. The highest BCUT2D eigenvalue weighted by Gasteiger charge is 2.19. The molecule has 0 spiro atoms. The number of aliphatic imine (C=N–C) groups is 1. The summed E-state index contributed by atoms with van der Waals surface area (Å²) in [6.07, 6.45) is 1.61. The maximum atomic E-state index is 10.4. The van der Waals surface area contributed by atoms with Crippen molar-refractivity contribution in [2.75, 3.05) is 0 Å². The lowest BCUT2D eigenvalue weighted by Gasteiger charge is -2.21. The van der Waals surface area contributed by atoms with Crippen molar-refractivity contribution in [2.24, 2.45) is 4.99 Å². The summed E-state index contributed by atoms with van der Waals surface area (Å²) in [5, 5.41) is 11.4. The summed E-state index contributed by atoms with van der Waals surface area (Å²) >= 11 is 11.9. The zero-order valence-electron chi connectivity index (χ0n) is 12.2. The van der Waals surface area contributed by atoms with Crippen LogP contribution in [0.1, 0.15) is 31.9 Å². The third kappa shape index (κ3) is 3.78. The van der Waals surface area contributed by atoms with Crippen molar-refractivity contribution in [2.45, 2.75) is 26.2 Å². The van der Waals surface area contributed by atoms with Crippen LogP contribution in [0.2, 0.25) is 10.0 Å². The predicted octanol–water partition coefficient (Wildman–Crippen LogP) is 5.75. The summed E-state index contributed by atoms with van der Waals surface area (Å²) in [4.78, 5) is 4.33. The van der Waals surface area contributed by atoms with E-state index in [9.17, 15) is 5.11 Å². The second-order valence-electron chi connectivity index (χ2n) is 5.85. The summed E-state index contributed by atoms with van der Waals surface area (Å²) in [5.41, 5.74) is 2.02. The number of halogens is 2. The maximum absolute atomic E-state index is 10.4. The van der Waals surface area contributed by atoms with Gasteiger partial charge in [-0.25, -0.2) is 0 Å². The first-order valence-electron chi connectivity index (χ1n) is 6.60. The minimum Gasteiger partial charge on any atom is -0.507 e. The third-order valence-corrected chi connectivity index (χ3v) is 3.67. The van der Waals surface area contributed by atoms with Gasteiger partial charge in [0.2, 0.25) is 0 Å². The Labute approximate surface area is 135 Å². The molecule has 2 rings (SSSR count). The lowest BCUT2D eigenvalue weighted by atomic mass is 9.85. The molecular formula is C17H17Cl2NO. The molecule has 2 aromatic rings. The maximum Gasteiger partial charge on any atom is 0.128 e. The summed E-state index contributed by atoms with van der Waals surface area (Å²) < 4.78 is 0. The van der Waals surface area contributed by atoms with Crippen LogP contribution in [0.5, 0.6) is 5.75 Å². The molecule has 0 heterocycles. The number of benzene rings is 2. The van der Waals surface area contributed by atoms with E-state index in [4.69, 9.17) is 23.2 Å². The van der Waals surface area contributed by atoms with Crippen molar-refractivity contribution in [3.8, 4) is 5.75 Å². The second kappa shape index (κ2) is 6.08. The molecule has 1 N–H and O–H groups in total. The molecule has 21 heavy (non-hydrogen) atoms. The first-order chi connectivity index (χ1) is 9.79. The van der Waals surface area contributed by atoms with Crippen LogP contribution in [0.4, 0.5) is 5.69 Å². The smallest absolute Gasteiger partial charge is 0.128 e. The Balaban J connectivity index is 2.38. The van der Waals surface area contributed by atoms with Gasteiger partial charge in [-0.2, -0.15) is 0 Å². The van der Waals surface area contributed by atoms with E-state index < -0.39 is 0 Å². The number of hydrogen-bond acceptors (Lipinski definition) is 2. The van der Waals surface area contributed by atoms with Crippen molar-refractivity contribution < 1.29 is 5.11 Å². The molecule has 0 saturated heterocycles. The Morgan fingerprint density at radius 1 is 1.10 bits per heavy atom. The molecule has 0 saturated carbocycles. The Hall–Kier alpha value is -1.51. The number of phenols is 1. The van der Waals surface area contributed by atoms with Crippen LogP contribution >= 0.6 is 23.2 Å². The van der Waals surface area contributed by atoms with Gasteiger partial charge in [-0.05, 0) is 35.2 Å². The highest BCUT2D eigenvalue weighted by atomic mass is 35.5. The average Bonchev–Trinajstić information content (AvgIpc) is 2.38. The van der Waals surface area contributed by atoms with Crippen LogP contribution in [0.15, 0.2) is 41.4 Å². The molecule has 0 aliphatic rings. The number of rotatable bonds is 2. The van der Waals surface area contributed by atoms with E-state index in [2.05, 4.69) is 25.8 Å². The van der Waals surface area contributed by atoms with E-state index in [1.807, 2.05) is 18.2 Å². The molecule has 0 atom stereocenters. The largest absolute Gasteiger partial charge is 0.507 e. The Morgan fingerprint density at radius 3 is 2.43 bits per heavy atom. The highest BCUT2D eigenvalue weighted by Crippen LogP contribution is 2.33. The number of nitrogens with zero attached hydrogens (tertiary/aromatic N) is 1. The summed E-state index contributed by atoms with van der Waals surface area (Å²) in [6.45, 7) is 6.16. The lowest BCUT2D eigenvalue weighted by Crippen LogP contribution is -2.11. The van der Waals surface area contributed by atoms with Crippen LogP contribution in [0.3, 0.4) is 0 Å². The fourth-order valence-electron chi connectivity index (χ4n) is 2.00. The van der Waals surface area contributed by atoms with Crippen molar-refractivity contribution in [1.29, 1.82) is 0 Å². The van der Waals surface area contributed by atoms with Gasteiger partial charge in [0.05, 0.1) is 10.7 Å². The van der Waals surface area contributed by atoms with Crippen molar-refractivity contribution in [1.82, 2.24) is 0 Å². The van der Waals surface area contributed by atoms with Gasteiger partial charge in [0, 0.05) is 16.8 Å². The van der Waals surface area contributed by atoms with Gasteiger partial charge in [-0.3, -0.25) is 4.99 Å². The first-order valence-corrected chi connectivity index (χ1v) is 7.36. The summed E-state index contributed by atoms with van der Waals surface area (Å²) in [6, 6.07) is 10.8. The van der Waals surface area contributed by atoms with Crippen molar-refractivity contribution >= 4 is 35.1 Å². The molecule has 4 heteroatoms. The standard InChI is InChI=1S/C17H17Cl2NO/c1-17(2,3)13-6-4-5-11(16(13)21)10-20-15-8-7-12(18)9-14(15)19/h4-10,21H,1-3H3. The Morgan fingerprint density at radius 2 is 1.81 bits per heavy atom. The SMILES string of the molecule is CC(C)(C)c1cccc(C=Nc2ccc(Cl)cc2Cl)c1O. The summed E-state index contributed by atoms with van der Waals surface area (Å²) in [5.74, 6) is 0.249. The molecule has 110 valence electrons. The Kier molecular flexibility index (Phi) is 4.60. The first kappa shape index (κ1) is 15.9. The van der Waals surface area contributed by atoms with Crippen molar-refractivity contribution in [3.05, 3.63) is 57.6 Å². The highest BCUT2D eigenvalue weighted by molar-refractivity contribution is 6.36. The van der Waals surface area contributed by atoms with Gasteiger partial charge >= 0.3 is 0 Å². The van der Waals surface area contributed by atoms with Crippen LogP contribution in [-0.2, 0) is 5.41 Å². The topological polar surface area (TPSA) is 32.6 Å². The molecule has 2 nitrogen and oxygen atoms in total. The van der Waals surface area contributed by atoms with E-state index in [1.54, 1.807) is 24.4 Å². The van der Waals surface area contributed by atoms with E-state index in [0.717, 1.165) is 5.56 Å². The third-order valence-electron chi connectivity index (χ3n) is 3.13. The number of hydrogen-bond donors (Lipinski definition) is 1.